The van der Waals surface area contributed by atoms with Crippen LogP contribution in [0.25, 0.3) is 0 Å². The molecule has 558 valence electrons. The molecule has 0 spiro atoms. The van der Waals surface area contributed by atoms with Crippen LogP contribution in [0.3, 0.4) is 0 Å². The fraction of sp³-hybridized carbons (Fsp3) is 0.676. The number of rotatable bonds is 39. The van der Waals surface area contributed by atoms with Gasteiger partial charge in [-0.2, -0.15) is 4.90 Å². The van der Waals surface area contributed by atoms with E-state index in [1.807, 2.05) is 38.1 Å². The van der Waals surface area contributed by atoms with Crippen LogP contribution in [0, 0.1) is 18.3 Å². The molecule has 3 aromatic carbocycles. The quantitative estimate of drug-likeness (QED) is 0.0170. The molecular formula is C74H121NO20Si4. The normalized spacial score (nSPS) is 18.9. The number of hydrogen-bond donors (Lipinski definition) is 0. The standard InChI is InChI=1S/C74H121NO20Si4/c1-48(2)37-62(84-14)68(92-47-87-32-35-97(19,20)21)70(77)75(72(79)88-33-36-98(22,23)24)69(76)67(85-15)63-43-65(95-99(25,26)73(5,6)7)74(8,9)64(93-63)42-57(91-46-86-31-34-96(16,17)18)50(4)58-40-55-49(3)56(89-44-51-27-29-53(80-10)38-59(51)82-12)41-61(66(55)71(78)94-58)90-45-52-28-30-54(81-11)39-60(52)83-13/h27-30,38-39,41,50,57-58,62-65,67-68H,1,31-37,40,42-47H2,2-26H3/t50-,57+,58-,62+,63+,64-,65-,67+,68+/m1/s1. The van der Waals surface area contributed by atoms with E-state index in [2.05, 4.69) is 113 Å². The fourth-order valence-electron chi connectivity index (χ4n) is 11.4. The summed E-state index contributed by atoms with van der Waals surface area (Å²) in [6.45, 7) is 45.2. The van der Waals surface area contributed by atoms with E-state index in [1.165, 1.54) is 14.2 Å². The SMILES string of the molecule is C=C(C)C[C@H](OC)[C@H](OCOCC[Si](C)(C)C)C(=O)N(C(=O)OCC[Si](C)(C)C)C(=O)[C@@H](OC)[C@@H]1C[C@@H](O[Si](C)(C)C(C)(C)C)C(C)(C)[C@@H](C[C@H](OCOCC[Si](C)(C)C)[C@@H](C)[C@H]2Cc3c(C)c(OCc4ccc(OC)cc4OC)cc(OCc4ccc(OC)cc4OC)c3C(=O)O2)O1. The highest BCUT2D eigenvalue weighted by Gasteiger charge is 2.55. The fourth-order valence-corrected chi connectivity index (χ4v) is 15.1. The van der Waals surface area contributed by atoms with Crippen molar-refractivity contribution in [3.63, 3.8) is 0 Å². The van der Waals surface area contributed by atoms with E-state index in [1.54, 1.807) is 53.6 Å². The van der Waals surface area contributed by atoms with Gasteiger partial charge in [-0.3, -0.25) is 9.59 Å². The first-order valence-electron chi connectivity index (χ1n) is 34.7. The summed E-state index contributed by atoms with van der Waals surface area (Å²) >= 11 is 0. The minimum atomic E-state index is -2.65. The van der Waals surface area contributed by atoms with E-state index in [4.69, 9.17) is 75.5 Å². The average Bonchev–Trinajstić information content (AvgIpc) is 0.761. The number of fused-ring (bicyclic) bond motifs is 1. The van der Waals surface area contributed by atoms with Crippen molar-refractivity contribution >= 4 is 56.4 Å². The highest BCUT2D eigenvalue weighted by molar-refractivity contribution is 6.77. The van der Waals surface area contributed by atoms with Crippen molar-refractivity contribution in [2.45, 2.75) is 238 Å². The Hall–Kier alpha value is -5.17. The van der Waals surface area contributed by atoms with Gasteiger partial charge in [-0.05, 0) is 91.9 Å². The largest absolute Gasteiger partial charge is 0.497 e. The van der Waals surface area contributed by atoms with Gasteiger partial charge in [0, 0.05) is 112 Å². The number of esters is 1. The molecule has 3 aromatic rings. The van der Waals surface area contributed by atoms with Crippen molar-refractivity contribution in [1.29, 1.82) is 0 Å². The van der Waals surface area contributed by atoms with E-state index in [9.17, 15) is 4.79 Å². The molecule has 2 aliphatic heterocycles. The maximum Gasteiger partial charge on any atom is 0.423 e. The lowest BCUT2D eigenvalue weighted by atomic mass is 9.72. The van der Waals surface area contributed by atoms with Crippen LogP contribution in [0.5, 0.6) is 34.5 Å². The lowest BCUT2D eigenvalue weighted by Gasteiger charge is -2.53. The molecule has 99 heavy (non-hydrogen) atoms. The van der Waals surface area contributed by atoms with Crippen LogP contribution in [-0.4, -0.2) is 186 Å². The predicted molar refractivity (Wildman–Crippen MR) is 395 cm³/mol. The number of methoxy groups -OCH3 is 6. The first-order chi connectivity index (χ1) is 46.1. The molecule has 0 aliphatic carbocycles. The molecule has 0 radical (unpaired) electrons. The Kier molecular flexibility index (Phi) is 31.4. The summed E-state index contributed by atoms with van der Waals surface area (Å²) in [6.07, 6.45) is -8.64. The van der Waals surface area contributed by atoms with Crippen molar-refractivity contribution in [2.75, 3.05) is 76.1 Å². The topological polar surface area (TPSA) is 219 Å². The second-order valence-corrected chi connectivity index (χ2v) is 53.7. The molecule has 0 aromatic heterocycles. The Morgan fingerprint density at radius 2 is 1.20 bits per heavy atom. The van der Waals surface area contributed by atoms with Crippen LogP contribution in [-0.2, 0) is 76.3 Å². The van der Waals surface area contributed by atoms with Crippen molar-refractivity contribution in [3.8, 4) is 34.5 Å². The van der Waals surface area contributed by atoms with Gasteiger partial charge in [-0.1, -0.05) is 106 Å². The number of carbonyl (C=O) groups is 4. The van der Waals surface area contributed by atoms with Gasteiger partial charge in [0.1, 0.15) is 73.0 Å². The monoisotopic (exact) mass is 1460 g/mol. The molecule has 5 rings (SSSR count). The minimum absolute atomic E-state index is 0.0210. The average molecular weight is 1460 g/mol. The summed E-state index contributed by atoms with van der Waals surface area (Å²) in [5.74, 6) is -0.136. The van der Waals surface area contributed by atoms with Gasteiger partial charge in [0.25, 0.3) is 11.8 Å². The highest BCUT2D eigenvalue weighted by Crippen LogP contribution is 2.48. The third-order valence-corrected chi connectivity index (χ3v) is 28.8. The number of nitrogens with zero attached hydrogens (tertiary/aromatic N) is 1. The molecule has 25 heteroatoms. The third-order valence-electron chi connectivity index (χ3n) is 19.2. The van der Waals surface area contributed by atoms with Gasteiger partial charge in [-0.25, -0.2) is 9.59 Å². The number of benzene rings is 3. The van der Waals surface area contributed by atoms with Crippen LogP contribution in [0.4, 0.5) is 4.79 Å². The summed E-state index contributed by atoms with van der Waals surface area (Å²) in [5.41, 5.74) is 2.96. The molecule has 21 nitrogen and oxygen atoms in total. The maximum atomic E-state index is 15.8. The zero-order chi connectivity index (χ0) is 74.2. The van der Waals surface area contributed by atoms with E-state index in [0.29, 0.717) is 75.2 Å². The molecular weight excluding hydrogens is 1340 g/mol. The first kappa shape index (κ1) is 84.5. The van der Waals surface area contributed by atoms with E-state index in [0.717, 1.165) is 17.7 Å². The van der Waals surface area contributed by atoms with Crippen LogP contribution in [0.15, 0.2) is 54.6 Å². The molecule has 9 atom stereocenters. The summed E-state index contributed by atoms with van der Waals surface area (Å²) in [6, 6.07) is 14.9. The molecule has 0 bridgehead atoms. The Bertz CT molecular complexity index is 3150. The minimum Gasteiger partial charge on any atom is -0.497 e. The highest BCUT2D eigenvalue weighted by atomic mass is 28.4. The van der Waals surface area contributed by atoms with Gasteiger partial charge < -0.3 is 75.5 Å². The van der Waals surface area contributed by atoms with E-state index in [-0.39, 0.29) is 75.4 Å². The van der Waals surface area contributed by atoms with Crippen molar-refractivity contribution in [1.82, 2.24) is 4.90 Å². The summed E-state index contributed by atoms with van der Waals surface area (Å²) in [4.78, 5) is 61.6. The van der Waals surface area contributed by atoms with Gasteiger partial charge in [0.15, 0.2) is 20.5 Å². The summed E-state index contributed by atoms with van der Waals surface area (Å²) in [5, 5.41) is -0.256. The molecule has 0 unspecified atom stereocenters. The zero-order valence-electron chi connectivity index (χ0n) is 64.5. The molecule has 1 saturated heterocycles. The van der Waals surface area contributed by atoms with Crippen molar-refractivity contribution < 1.29 is 94.7 Å². The van der Waals surface area contributed by atoms with Gasteiger partial charge >= 0.3 is 12.1 Å². The number of imide groups is 3. The molecule has 0 N–H and O–H groups in total. The Morgan fingerprint density at radius 3 is 1.69 bits per heavy atom. The molecule has 0 saturated carbocycles. The molecule has 3 amide bonds. The van der Waals surface area contributed by atoms with Crippen LogP contribution in [0.1, 0.15) is 100 Å². The van der Waals surface area contributed by atoms with Gasteiger partial charge in [0.2, 0.25) is 0 Å². The Morgan fingerprint density at radius 1 is 0.677 bits per heavy atom. The maximum absolute atomic E-state index is 15.8. The van der Waals surface area contributed by atoms with Crippen molar-refractivity contribution in [2.24, 2.45) is 11.3 Å². The lowest BCUT2D eigenvalue weighted by molar-refractivity contribution is -0.218. The number of ether oxygens (including phenoxy) is 15. The number of amides is 3. The van der Waals surface area contributed by atoms with Crippen LogP contribution < -0.4 is 28.4 Å². The number of hydrogen-bond acceptors (Lipinski definition) is 20. The number of cyclic esters (lactones) is 1. The first-order valence-corrected chi connectivity index (χ1v) is 48.7. The molecule has 2 heterocycles. The summed E-state index contributed by atoms with van der Waals surface area (Å²) < 4.78 is 101. The van der Waals surface area contributed by atoms with Gasteiger partial charge in [0.05, 0.1) is 65.6 Å². The Labute approximate surface area is 595 Å². The van der Waals surface area contributed by atoms with Crippen LogP contribution >= 0.6 is 0 Å². The Balaban J connectivity index is 1.65. The van der Waals surface area contributed by atoms with Gasteiger partial charge in [-0.15, -0.1) is 6.58 Å². The molecule has 2 aliphatic rings. The second kappa shape index (κ2) is 36.8. The summed E-state index contributed by atoms with van der Waals surface area (Å²) in [7, 11) is 1.60. The predicted octanol–water partition coefficient (Wildman–Crippen LogP) is 15.1. The number of carbonyl (C=O) groups excluding carboxylic acids is 4. The lowest BCUT2D eigenvalue weighted by Crippen LogP contribution is -2.62. The van der Waals surface area contributed by atoms with Crippen molar-refractivity contribution in [3.05, 3.63) is 82.4 Å². The zero-order valence-corrected chi connectivity index (χ0v) is 68.5. The van der Waals surface area contributed by atoms with E-state index < -0.39 is 117 Å². The van der Waals surface area contributed by atoms with E-state index >= 15 is 14.4 Å². The smallest absolute Gasteiger partial charge is 0.423 e. The third kappa shape index (κ3) is 24.2. The second-order valence-electron chi connectivity index (χ2n) is 32.1. The van der Waals surface area contributed by atoms with Crippen LogP contribution in [0.2, 0.25) is 95.2 Å². The molecule has 1 fully saturated rings.